The van der Waals surface area contributed by atoms with Gasteiger partial charge in [-0.1, -0.05) is 65.8 Å². The molecule has 21 heavy (non-hydrogen) atoms. The van der Waals surface area contributed by atoms with E-state index in [0.29, 0.717) is 0 Å². The summed E-state index contributed by atoms with van der Waals surface area (Å²) in [6.45, 7) is 13.7. The fraction of sp³-hybridized carbons (Fsp3) is 0.667. The zero-order valence-corrected chi connectivity index (χ0v) is 15.2. The first-order valence-corrected chi connectivity index (χ1v) is 9.91. The minimum atomic E-state index is -2.33. The van der Waals surface area contributed by atoms with Crippen molar-refractivity contribution in [1.82, 2.24) is 0 Å². The first kappa shape index (κ1) is 15.3. The predicted molar refractivity (Wildman–Crippen MR) is 88.6 cm³/mol. The summed E-state index contributed by atoms with van der Waals surface area (Å²) in [6.07, 6.45) is 2.58. The largest absolute Gasteiger partial charge is 0.387 e. The maximum Gasteiger partial charge on any atom is 0.350 e. The quantitative estimate of drug-likeness (QED) is 0.618. The van der Waals surface area contributed by atoms with Gasteiger partial charge < -0.3 is 8.85 Å². The number of fused-ring (bicyclic) bond motifs is 3. The van der Waals surface area contributed by atoms with Crippen LogP contribution in [0.25, 0.3) is 0 Å². The third-order valence-corrected chi connectivity index (χ3v) is 10.2. The Morgan fingerprint density at radius 1 is 0.952 bits per heavy atom. The van der Waals surface area contributed by atoms with Gasteiger partial charge in [-0.3, -0.25) is 0 Å². The van der Waals surface area contributed by atoms with Gasteiger partial charge in [-0.05, 0) is 24.0 Å². The molecule has 1 heterocycles. The number of rotatable bonds is 0. The lowest BCUT2D eigenvalue weighted by atomic mass is 9.88. The topological polar surface area (TPSA) is 18.5 Å². The number of benzene rings is 1. The van der Waals surface area contributed by atoms with E-state index in [2.05, 4.69) is 65.8 Å². The van der Waals surface area contributed by atoms with E-state index < -0.39 is 8.56 Å². The van der Waals surface area contributed by atoms with Crippen LogP contribution < -0.4 is 0 Å². The highest BCUT2D eigenvalue weighted by Crippen LogP contribution is 2.59. The molecule has 0 bridgehead atoms. The van der Waals surface area contributed by atoms with Crippen LogP contribution in [-0.2, 0) is 15.3 Å². The smallest absolute Gasteiger partial charge is 0.350 e. The van der Waals surface area contributed by atoms with Crippen molar-refractivity contribution in [2.75, 3.05) is 0 Å². The maximum absolute atomic E-state index is 6.82. The minimum absolute atomic E-state index is 0.0670. The van der Waals surface area contributed by atoms with Gasteiger partial charge in [0.25, 0.3) is 0 Å². The van der Waals surface area contributed by atoms with Crippen molar-refractivity contribution >= 4 is 8.56 Å². The summed E-state index contributed by atoms with van der Waals surface area (Å²) in [5, 5.41) is 0.134. The third-order valence-electron chi connectivity index (χ3n) is 4.98. The SMILES string of the molecule is CC(C)(C)[Si]1(C(C)(C)C)O[C@H]2CCc3ccccc3[C@@H]2O1. The van der Waals surface area contributed by atoms with Crippen LogP contribution in [0.3, 0.4) is 0 Å². The first-order valence-electron chi connectivity index (χ1n) is 8.09. The van der Waals surface area contributed by atoms with Crippen molar-refractivity contribution in [1.29, 1.82) is 0 Å². The zero-order valence-electron chi connectivity index (χ0n) is 14.2. The summed E-state index contributed by atoms with van der Waals surface area (Å²) in [4.78, 5) is 0. The van der Waals surface area contributed by atoms with E-state index in [4.69, 9.17) is 8.85 Å². The summed E-state index contributed by atoms with van der Waals surface area (Å²) >= 11 is 0. The second-order valence-corrected chi connectivity index (χ2v) is 13.3. The van der Waals surface area contributed by atoms with Crippen LogP contribution in [0.4, 0.5) is 0 Å². The van der Waals surface area contributed by atoms with Crippen LogP contribution >= 0.6 is 0 Å². The molecule has 1 saturated heterocycles. The Morgan fingerprint density at radius 3 is 2.19 bits per heavy atom. The molecule has 1 aliphatic heterocycles. The molecule has 3 rings (SSSR count). The highest BCUT2D eigenvalue weighted by molar-refractivity contribution is 6.74. The standard InChI is InChI=1S/C18H28O2Si/c1-17(2,3)21(18(4,5)6)19-15-12-11-13-9-7-8-10-14(13)16(15)20-21/h7-10,15-16H,11-12H2,1-6H3/t15-,16-/m0/s1. The van der Waals surface area contributed by atoms with Crippen molar-refractivity contribution in [2.24, 2.45) is 0 Å². The van der Waals surface area contributed by atoms with Gasteiger partial charge in [-0.2, -0.15) is 0 Å². The average molecular weight is 305 g/mol. The fourth-order valence-corrected chi connectivity index (χ4v) is 9.22. The van der Waals surface area contributed by atoms with E-state index in [-0.39, 0.29) is 22.3 Å². The number of hydrogen-bond donors (Lipinski definition) is 0. The van der Waals surface area contributed by atoms with Gasteiger partial charge in [-0.15, -0.1) is 0 Å². The molecular formula is C18H28O2Si. The summed E-state index contributed by atoms with van der Waals surface area (Å²) < 4.78 is 13.6. The van der Waals surface area contributed by atoms with Crippen LogP contribution in [0.1, 0.15) is 65.2 Å². The molecule has 1 fully saturated rings. The molecule has 0 N–H and O–H groups in total. The van der Waals surface area contributed by atoms with Gasteiger partial charge >= 0.3 is 8.56 Å². The summed E-state index contributed by atoms with van der Waals surface area (Å²) in [6, 6.07) is 8.73. The van der Waals surface area contributed by atoms with Gasteiger partial charge in [0.1, 0.15) is 0 Å². The van der Waals surface area contributed by atoms with Crippen LogP contribution in [0.15, 0.2) is 24.3 Å². The molecule has 2 aliphatic rings. The van der Waals surface area contributed by atoms with Gasteiger partial charge in [0, 0.05) is 10.1 Å². The van der Waals surface area contributed by atoms with E-state index in [1.807, 2.05) is 0 Å². The van der Waals surface area contributed by atoms with Crippen LogP contribution in [0.2, 0.25) is 10.1 Å². The normalized spacial score (nSPS) is 28.1. The average Bonchev–Trinajstić information content (AvgIpc) is 2.79. The van der Waals surface area contributed by atoms with Crippen molar-refractivity contribution in [2.45, 2.75) is 76.7 Å². The molecule has 0 radical (unpaired) electrons. The summed E-state index contributed by atoms with van der Waals surface area (Å²) in [5.41, 5.74) is 2.80. The highest BCUT2D eigenvalue weighted by atomic mass is 28.4. The summed E-state index contributed by atoms with van der Waals surface area (Å²) in [5.74, 6) is 0. The second-order valence-electron chi connectivity index (χ2n) is 8.55. The molecule has 0 aromatic heterocycles. The lowest BCUT2D eigenvalue weighted by molar-refractivity contribution is 0.138. The molecule has 0 saturated carbocycles. The summed E-state index contributed by atoms with van der Waals surface area (Å²) in [7, 11) is -2.33. The Bertz CT molecular complexity index is 525. The van der Waals surface area contributed by atoms with Crippen LogP contribution in [-0.4, -0.2) is 14.7 Å². The molecule has 1 aliphatic carbocycles. The Morgan fingerprint density at radius 2 is 1.57 bits per heavy atom. The van der Waals surface area contributed by atoms with Gasteiger partial charge in [-0.25, -0.2) is 0 Å². The molecule has 116 valence electrons. The van der Waals surface area contributed by atoms with E-state index in [0.717, 1.165) is 12.8 Å². The van der Waals surface area contributed by atoms with E-state index in [1.54, 1.807) is 0 Å². The predicted octanol–water partition coefficient (Wildman–Crippen LogP) is 5.13. The lowest BCUT2D eigenvalue weighted by Crippen LogP contribution is -2.54. The zero-order chi connectivity index (χ0) is 15.5. The number of aryl methyl sites for hydroxylation is 1. The van der Waals surface area contributed by atoms with Crippen molar-refractivity contribution < 1.29 is 8.85 Å². The molecule has 3 heteroatoms. The van der Waals surface area contributed by atoms with E-state index >= 15 is 0 Å². The molecule has 2 atom stereocenters. The number of hydrogen-bond acceptors (Lipinski definition) is 2. The highest BCUT2D eigenvalue weighted by Gasteiger charge is 2.65. The van der Waals surface area contributed by atoms with Crippen LogP contribution in [0.5, 0.6) is 0 Å². The molecule has 2 nitrogen and oxygen atoms in total. The Kier molecular flexibility index (Phi) is 3.40. The second kappa shape index (κ2) is 4.67. The van der Waals surface area contributed by atoms with Gasteiger partial charge in [0.05, 0.1) is 12.2 Å². The monoisotopic (exact) mass is 304 g/mol. The molecule has 0 unspecified atom stereocenters. The first-order chi connectivity index (χ1) is 9.66. The fourth-order valence-electron chi connectivity index (χ4n) is 4.20. The molecular weight excluding hydrogens is 276 g/mol. The van der Waals surface area contributed by atoms with Crippen molar-refractivity contribution in [3.63, 3.8) is 0 Å². The van der Waals surface area contributed by atoms with E-state index in [9.17, 15) is 0 Å². The Balaban J connectivity index is 2.04. The molecule has 0 amide bonds. The Hall–Kier alpha value is -0.643. The van der Waals surface area contributed by atoms with Gasteiger partial charge in [0.2, 0.25) is 0 Å². The molecule has 1 aromatic carbocycles. The molecule has 0 spiro atoms. The van der Waals surface area contributed by atoms with Crippen molar-refractivity contribution in [3.05, 3.63) is 35.4 Å². The van der Waals surface area contributed by atoms with Crippen LogP contribution in [0, 0.1) is 0 Å². The van der Waals surface area contributed by atoms with Gasteiger partial charge in [0.15, 0.2) is 0 Å². The lowest BCUT2D eigenvalue weighted by Gasteiger charge is -2.45. The van der Waals surface area contributed by atoms with Crippen molar-refractivity contribution in [3.8, 4) is 0 Å². The Labute approximate surface area is 130 Å². The minimum Gasteiger partial charge on any atom is -0.387 e. The van der Waals surface area contributed by atoms with E-state index in [1.165, 1.54) is 11.1 Å². The maximum atomic E-state index is 6.82. The third kappa shape index (κ3) is 2.21. The molecule has 1 aromatic rings.